The van der Waals surface area contributed by atoms with Gasteiger partial charge in [-0.15, -0.1) is 0 Å². The molecule has 0 atom stereocenters. The third-order valence-corrected chi connectivity index (χ3v) is 1.87. The number of nitriles is 1. The number of hydrogen-bond donors (Lipinski definition) is 1. The number of piperidine rings is 1. The highest BCUT2D eigenvalue weighted by atomic mass is 16.4. The van der Waals surface area contributed by atoms with Gasteiger partial charge in [-0.1, -0.05) is 0 Å². The summed E-state index contributed by atoms with van der Waals surface area (Å²) in [7, 11) is 0. The number of amides is 1. The average Bonchev–Trinajstić information content (AvgIpc) is 2.05. The first-order chi connectivity index (χ1) is 5.75. The number of carboxylic acid groups (broad SMARTS) is 1. The van der Waals surface area contributed by atoms with E-state index in [-0.39, 0.29) is 0 Å². The molecule has 1 amide bonds. The Balaban J connectivity index is 2.75. The van der Waals surface area contributed by atoms with Gasteiger partial charge in [0.15, 0.2) is 0 Å². The molecular weight excluding hydrogens is 156 g/mol. The van der Waals surface area contributed by atoms with Crippen LogP contribution < -0.4 is 0 Å². The normalized spacial score (nSPS) is 20.6. The highest BCUT2D eigenvalue weighted by Gasteiger charge is 2.19. The summed E-state index contributed by atoms with van der Waals surface area (Å²) < 4.78 is 0. The molecule has 1 saturated heterocycles. The van der Waals surface area contributed by atoms with Crippen molar-refractivity contribution in [3.8, 4) is 6.07 Å². The van der Waals surface area contributed by atoms with E-state index in [1.54, 1.807) is 0 Å². The lowest BCUT2D eigenvalue weighted by atomic mass is 10.1. The Bertz CT molecular complexity index is 252. The highest BCUT2D eigenvalue weighted by Crippen LogP contribution is 2.19. The molecule has 1 aliphatic heterocycles. The first kappa shape index (κ1) is 8.60. The smallest absolute Gasteiger partial charge is 0.411 e. The molecule has 0 radical (unpaired) electrons. The SMILES string of the molecule is N#CC=C1CCCCN1C(=O)O. The number of likely N-dealkylation sites (tertiary alicyclic amines) is 1. The molecule has 0 aliphatic carbocycles. The second-order valence-corrected chi connectivity index (χ2v) is 2.66. The maximum absolute atomic E-state index is 10.6. The Morgan fingerprint density at radius 3 is 3.00 bits per heavy atom. The van der Waals surface area contributed by atoms with Gasteiger partial charge >= 0.3 is 6.09 Å². The Morgan fingerprint density at radius 2 is 2.42 bits per heavy atom. The molecule has 4 nitrogen and oxygen atoms in total. The van der Waals surface area contributed by atoms with Crippen molar-refractivity contribution < 1.29 is 9.90 Å². The lowest BCUT2D eigenvalue weighted by Crippen LogP contribution is -2.32. The summed E-state index contributed by atoms with van der Waals surface area (Å²) in [4.78, 5) is 11.9. The fraction of sp³-hybridized carbons (Fsp3) is 0.500. The summed E-state index contributed by atoms with van der Waals surface area (Å²) in [6.45, 7) is 0.517. The molecule has 1 aliphatic rings. The molecule has 0 aromatic heterocycles. The molecule has 1 fully saturated rings. The highest BCUT2D eigenvalue weighted by molar-refractivity contribution is 5.67. The topological polar surface area (TPSA) is 64.3 Å². The van der Waals surface area contributed by atoms with Gasteiger partial charge in [0.2, 0.25) is 0 Å². The lowest BCUT2D eigenvalue weighted by molar-refractivity contribution is 0.151. The zero-order chi connectivity index (χ0) is 8.97. The minimum absolute atomic E-state index is 0.517. The minimum atomic E-state index is -0.962. The van der Waals surface area contributed by atoms with E-state index in [0.717, 1.165) is 12.8 Å². The maximum atomic E-state index is 10.6. The van der Waals surface area contributed by atoms with E-state index >= 15 is 0 Å². The molecule has 64 valence electrons. The molecule has 0 saturated carbocycles. The predicted molar refractivity (Wildman–Crippen MR) is 42.3 cm³/mol. The molecule has 12 heavy (non-hydrogen) atoms. The van der Waals surface area contributed by atoms with Crippen molar-refractivity contribution in [1.29, 1.82) is 5.26 Å². The van der Waals surface area contributed by atoms with Crippen LogP contribution in [-0.4, -0.2) is 22.6 Å². The van der Waals surface area contributed by atoms with Gasteiger partial charge in [-0.3, -0.25) is 4.90 Å². The summed E-state index contributed by atoms with van der Waals surface area (Å²) in [5.41, 5.74) is 0.622. The first-order valence-corrected chi connectivity index (χ1v) is 3.85. The van der Waals surface area contributed by atoms with Crippen LogP contribution in [0.2, 0.25) is 0 Å². The molecule has 0 aromatic rings. The van der Waals surface area contributed by atoms with E-state index in [1.807, 2.05) is 6.07 Å². The van der Waals surface area contributed by atoms with Crippen molar-refractivity contribution in [2.75, 3.05) is 6.54 Å². The molecule has 0 spiro atoms. The Kier molecular flexibility index (Phi) is 2.70. The van der Waals surface area contributed by atoms with Crippen LogP contribution in [0.3, 0.4) is 0 Å². The number of rotatable bonds is 0. The largest absolute Gasteiger partial charge is 0.465 e. The number of allylic oxidation sites excluding steroid dienone is 2. The van der Waals surface area contributed by atoms with Crippen LogP contribution in [-0.2, 0) is 0 Å². The van der Waals surface area contributed by atoms with Crippen molar-refractivity contribution in [2.45, 2.75) is 19.3 Å². The van der Waals surface area contributed by atoms with Crippen LogP contribution in [0.25, 0.3) is 0 Å². The van der Waals surface area contributed by atoms with Gasteiger partial charge in [-0.25, -0.2) is 4.79 Å². The van der Waals surface area contributed by atoms with Gasteiger partial charge in [0, 0.05) is 18.3 Å². The van der Waals surface area contributed by atoms with Crippen molar-refractivity contribution in [2.24, 2.45) is 0 Å². The maximum Gasteiger partial charge on any atom is 0.411 e. The quantitative estimate of drug-likeness (QED) is 0.555. The Hall–Kier alpha value is -1.50. The fourth-order valence-corrected chi connectivity index (χ4v) is 1.30. The molecule has 0 unspecified atom stereocenters. The summed E-state index contributed by atoms with van der Waals surface area (Å²) in [5.74, 6) is 0. The zero-order valence-electron chi connectivity index (χ0n) is 6.66. The van der Waals surface area contributed by atoms with E-state index in [4.69, 9.17) is 10.4 Å². The van der Waals surface area contributed by atoms with Crippen molar-refractivity contribution >= 4 is 6.09 Å². The summed E-state index contributed by atoms with van der Waals surface area (Å²) in [6, 6.07) is 1.86. The predicted octanol–water partition coefficient (Wildman–Crippen LogP) is 1.56. The van der Waals surface area contributed by atoms with E-state index in [2.05, 4.69) is 0 Å². The third kappa shape index (κ3) is 1.76. The van der Waals surface area contributed by atoms with Crippen molar-refractivity contribution in [1.82, 2.24) is 4.90 Å². The van der Waals surface area contributed by atoms with Gasteiger partial charge in [0.1, 0.15) is 0 Å². The van der Waals surface area contributed by atoms with Crippen LogP contribution in [0.5, 0.6) is 0 Å². The second kappa shape index (κ2) is 3.77. The zero-order valence-corrected chi connectivity index (χ0v) is 6.66. The monoisotopic (exact) mass is 166 g/mol. The number of carbonyl (C=O) groups is 1. The molecule has 1 N–H and O–H groups in total. The molecule has 1 rings (SSSR count). The van der Waals surface area contributed by atoms with Gasteiger partial charge < -0.3 is 5.11 Å². The summed E-state index contributed by atoms with van der Waals surface area (Å²) in [6.07, 6.45) is 2.90. The van der Waals surface area contributed by atoms with Gasteiger partial charge in [-0.2, -0.15) is 5.26 Å². The minimum Gasteiger partial charge on any atom is -0.465 e. The molecule has 0 aromatic carbocycles. The standard InChI is InChI=1S/C8H10N2O2/c9-5-4-7-3-1-2-6-10(7)8(11)12/h4H,1-3,6H2,(H,11,12). The molecular formula is C8H10N2O2. The van der Waals surface area contributed by atoms with Crippen LogP contribution in [0.1, 0.15) is 19.3 Å². The van der Waals surface area contributed by atoms with Gasteiger partial charge in [-0.05, 0) is 19.3 Å². The molecule has 0 bridgehead atoms. The first-order valence-electron chi connectivity index (χ1n) is 3.85. The van der Waals surface area contributed by atoms with Crippen molar-refractivity contribution in [3.63, 3.8) is 0 Å². The van der Waals surface area contributed by atoms with Crippen LogP contribution in [0.15, 0.2) is 11.8 Å². The van der Waals surface area contributed by atoms with Crippen molar-refractivity contribution in [3.05, 3.63) is 11.8 Å². The van der Waals surface area contributed by atoms with Gasteiger partial charge in [0.05, 0.1) is 6.07 Å². The summed E-state index contributed by atoms with van der Waals surface area (Å²) >= 11 is 0. The van der Waals surface area contributed by atoms with Crippen LogP contribution >= 0.6 is 0 Å². The molecule has 1 heterocycles. The van der Waals surface area contributed by atoms with E-state index in [9.17, 15) is 4.79 Å². The second-order valence-electron chi connectivity index (χ2n) is 2.66. The van der Waals surface area contributed by atoms with E-state index < -0.39 is 6.09 Å². The Labute approximate surface area is 70.7 Å². The fourth-order valence-electron chi connectivity index (χ4n) is 1.30. The summed E-state index contributed by atoms with van der Waals surface area (Å²) in [5, 5.41) is 17.1. The van der Waals surface area contributed by atoms with E-state index in [0.29, 0.717) is 18.7 Å². The lowest BCUT2D eigenvalue weighted by Gasteiger charge is -2.26. The van der Waals surface area contributed by atoms with E-state index in [1.165, 1.54) is 11.0 Å². The number of hydrogen-bond acceptors (Lipinski definition) is 2. The number of nitrogens with zero attached hydrogens (tertiary/aromatic N) is 2. The van der Waals surface area contributed by atoms with Crippen LogP contribution in [0, 0.1) is 11.3 Å². The molecule has 4 heteroatoms. The van der Waals surface area contributed by atoms with Crippen LogP contribution in [0.4, 0.5) is 4.79 Å². The third-order valence-electron chi connectivity index (χ3n) is 1.87. The Morgan fingerprint density at radius 1 is 1.67 bits per heavy atom. The average molecular weight is 166 g/mol. The van der Waals surface area contributed by atoms with Gasteiger partial charge in [0.25, 0.3) is 0 Å².